The zero-order chi connectivity index (χ0) is 24.8. The Labute approximate surface area is 209 Å². The molecule has 4 rings (SSSR count). The van der Waals surface area contributed by atoms with Gasteiger partial charge in [0.1, 0.15) is 12.6 Å². The van der Waals surface area contributed by atoms with Crippen LogP contribution in [0.2, 0.25) is 5.02 Å². The molecule has 4 aromatic rings. The molecular formula is C28H29ClN2O4. The number of H-pyrrole nitrogens is 1. The summed E-state index contributed by atoms with van der Waals surface area (Å²) in [6.07, 6.45) is 2.20. The van der Waals surface area contributed by atoms with Crippen LogP contribution in [-0.2, 0) is 24.4 Å². The molecule has 0 saturated heterocycles. The van der Waals surface area contributed by atoms with Crippen molar-refractivity contribution < 1.29 is 19.4 Å². The number of carboxylic acids is 1. The van der Waals surface area contributed by atoms with E-state index in [1.807, 2.05) is 74.6 Å². The molecule has 1 heterocycles. The van der Waals surface area contributed by atoms with E-state index in [0.717, 1.165) is 33.2 Å². The summed E-state index contributed by atoms with van der Waals surface area (Å²) < 4.78 is 11.8. The minimum absolute atomic E-state index is 0.274. The fourth-order valence-electron chi connectivity index (χ4n) is 4.02. The maximum Gasteiger partial charge on any atom is 0.321 e. The van der Waals surface area contributed by atoms with Crippen LogP contribution in [0.3, 0.4) is 0 Å². The normalized spacial score (nSPS) is 12.0. The first-order valence-corrected chi connectivity index (χ1v) is 12.0. The number of benzene rings is 3. The second-order valence-electron chi connectivity index (χ2n) is 8.37. The molecule has 3 N–H and O–H groups in total. The molecule has 0 amide bonds. The highest BCUT2D eigenvalue weighted by Crippen LogP contribution is 2.34. The Bertz CT molecular complexity index is 1320. The predicted octanol–water partition coefficient (Wildman–Crippen LogP) is 5.89. The number of aromatic nitrogens is 1. The molecule has 182 valence electrons. The van der Waals surface area contributed by atoms with Crippen LogP contribution in [0.25, 0.3) is 10.9 Å². The fraction of sp³-hybridized carbons (Fsp3) is 0.250. The van der Waals surface area contributed by atoms with Gasteiger partial charge in [-0.1, -0.05) is 54.1 Å². The van der Waals surface area contributed by atoms with Crippen molar-refractivity contribution in [1.82, 2.24) is 10.3 Å². The average molecular weight is 493 g/mol. The Morgan fingerprint density at radius 1 is 1.03 bits per heavy atom. The number of fused-ring (bicyclic) bond motifs is 1. The summed E-state index contributed by atoms with van der Waals surface area (Å²) in [7, 11) is 0. The molecule has 1 atom stereocenters. The van der Waals surface area contributed by atoms with Gasteiger partial charge in [-0.25, -0.2) is 0 Å². The minimum Gasteiger partial charge on any atom is -0.490 e. The van der Waals surface area contributed by atoms with Gasteiger partial charge in [0, 0.05) is 41.2 Å². The van der Waals surface area contributed by atoms with E-state index < -0.39 is 12.0 Å². The summed E-state index contributed by atoms with van der Waals surface area (Å²) in [4.78, 5) is 15.2. The number of aryl methyl sites for hydroxylation is 1. The molecule has 3 aromatic carbocycles. The molecule has 0 fully saturated rings. The average Bonchev–Trinajstić information content (AvgIpc) is 3.26. The molecular weight excluding hydrogens is 464 g/mol. The second kappa shape index (κ2) is 11.3. The van der Waals surface area contributed by atoms with E-state index in [0.29, 0.717) is 36.2 Å². The van der Waals surface area contributed by atoms with Crippen LogP contribution in [0.4, 0.5) is 0 Å². The lowest BCUT2D eigenvalue weighted by molar-refractivity contribution is -0.139. The number of carboxylic acid groups (broad SMARTS) is 1. The van der Waals surface area contributed by atoms with Crippen molar-refractivity contribution in [1.29, 1.82) is 0 Å². The first-order valence-electron chi connectivity index (χ1n) is 11.6. The largest absolute Gasteiger partial charge is 0.490 e. The van der Waals surface area contributed by atoms with Gasteiger partial charge < -0.3 is 19.6 Å². The van der Waals surface area contributed by atoms with E-state index >= 15 is 0 Å². The molecule has 0 aliphatic carbocycles. The van der Waals surface area contributed by atoms with Gasteiger partial charge in [-0.2, -0.15) is 0 Å². The number of aliphatic carboxylic acids is 1. The van der Waals surface area contributed by atoms with Crippen LogP contribution < -0.4 is 14.8 Å². The molecule has 1 aromatic heterocycles. The summed E-state index contributed by atoms with van der Waals surface area (Å²) in [5, 5.41) is 14.5. The van der Waals surface area contributed by atoms with Gasteiger partial charge in [-0.3, -0.25) is 10.1 Å². The third-order valence-corrected chi connectivity index (χ3v) is 6.34. The highest BCUT2D eigenvalue weighted by atomic mass is 35.5. The molecule has 0 radical (unpaired) electrons. The van der Waals surface area contributed by atoms with Crippen LogP contribution >= 0.6 is 11.6 Å². The highest BCUT2D eigenvalue weighted by Gasteiger charge is 2.20. The van der Waals surface area contributed by atoms with E-state index in [9.17, 15) is 9.90 Å². The Kier molecular flexibility index (Phi) is 7.95. The summed E-state index contributed by atoms with van der Waals surface area (Å²) >= 11 is 6.57. The first-order chi connectivity index (χ1) is 17.0. The lowest BCUT2D eigenvalue weighted by Crippen LogP contribution is -2.38. The smallest absolute Gasteiger partial charge is 0.321 e. The Morgan fingerprint density at radius 3 is 2.54 bits per heavy atom. The quantitative estimate of drug-likeness (QED) is 0.243. The van der Waals surface area contributed by atoms with Crippen LogP contribution in [0.1, 0.15) is 29.2 Å². The molecule has 7 heteroatoms. The lowest BCUT2D eigenvalue weighted by Gasteiger charge is -2.18. The van der Waals surface area contributed by atoms with E-state index in [2.05, 4.69) is 10.3 Å². The molecule has 0 saturated carbocycles. The number of carbonyl (C=O) groups is 1. The third-order valence-electron chi connectivity index (χ3n) is 5.99. The van der Waals surface area contributed by atoms with Crippen LogP contribution in [0.5, 0.6) is 11.5 Å². The van der Waals surface area contributed by atoms with Gasteiger partial charge >= 0.3 is 5.97 Å². The number of rotatable bonds is 11. The predicted molar refractivity (Wildman–Crippen MR) is 138 cm³/mol. The van der Waals surface area contributed by atoms with Crippen molar-refractivity contribution in [3.63, 3.8) is 0 Å². The van der Waals surface area contributed by atoms with E-state index in [1.54, 1.807) is 6.07 Å². The minimum atomic E-state index is -0.922. The van der Waals surface area contributed by atoms with Crippen LogP contribution in [0.15, 0.2) is 66.9 Å². The topological polar surface area (TPSA) is 83.6 Å². The number of ether oxygens (including phenoxy) is 2. The number of nitrogens with one attached hydrogen (secondary N) is 2. The van der Waals surface area contributed by atoms with Gasteiger partial charge in [-0.15, -0.1) is 0 Å². The Morgan fingerprint density at radius 2 is 1.77 bits per heavy atom. The Hall–Kier alpha value is -3.48. The van der Waals surface area contributed by atoms with Crippen molar-refractivity contribution in [2.24, 2.45) is 0 Å². The molecule has 1 unspecified atom stereocenters. The van der Waals surface area contributed by atoms with Crippen molar-refractivity contribution in [2.45, 2.75) is 39.5 Å². The molecule has 0 spiro atoms. The lowest BCUT2D eigenvalue weighted by atomic mass is 10.0. The zero-order valence-corrected chi connectivity index (χ0v) is 20.6. The van der Waals surface area contributed by atoms with E-state index in [1.165, 1.54) is 0 Å². The van der Waals surface area contributed by atoms with Crippen LogP contribution in [0, 0.1) is 6.92 Å². The monoisotopic (exact) mass is 492 g/mol. The number of hydrogen-bond donors (Lipinski definition) is 3. The highest BCUT2D eigenvalue weighted by molar-refractivity contribution is 6.31. The summed E-state index contributed by atoms with van der Waals surface area (Å²) in [6.45, 7) is 5.08. The maximum absolute atomic E-state index is 12.0. The van der Waals surface area contributed by atoms with Gasteiger partial charge in [0.05, 0.1) is 6.61 Å². The summed E-state index contributed by atoms with van der Waals surface area (Å²) in [5.74, 6) is 0.206. The first kappa shape index (κ1) is 24.6. The third kappa shape index (κ3) is 5.96. The van der Waals surface area contributed by atoms with Gasteiger partial charge in [0.2, 0.25) is 0 Å². The van der Waals surface area contributed by atoms with Gasteiger partial charge in [0.25, 0.3) is 0 Å². The maximum atomic E-state index is 12.0. The number of aromatic amines is 1. The van der Waals surface area contributed by atoms with Crippen molar-refractivity contribution in [3.8, 4) is 11.5 Å². The SMILES string of the molecule is CCOc1cc(CNC(Cc2c[nH]c3ccccc23)C(=O)O)c(Cl)cc1OCc1ccccc1C. The Balaban J connectivity index is 1.48. The van der Waals surface area contributed by atoms with Crippen LogP contribution in [-0.4, -0.2) is 28.7 Å². The van der Waals surface area contributed by atoms with Crippen molar-refractivity contribution in [3.05, 3.63) is 94.1 Å². The van der Waals surface area contributed by atoms with Crippen molar-refractivity contribution in [2.75, 3.05) is 6.61 Å². The van der Waals surface area contributed by atoms with E-state index in [-0.39, 0.29) is 6.54 Å². The number of halogens is 1. The van der Waals surface area contributed by atoms with Crippen molar-refractivity contribution >= 4 is 28.5 Å². The molecule has 0 aliphatic rings. The van der Waals surface area contributed by atoms with Gasteiger partial charge in [-0.05, 0) is 48.2 Å². The fourth-order valence-corrected chi connectivity index (χ4v) is 4.24. The number of hydrogen-bond acceptors (Lipinski definition) is 4. The molecule has 6 nitrogen and oxygen atoms in total. The van der Waals surface area contributed by atoms with Gasteiger partial charge in [0.15, 0.2) is 11.5 Å². The molecule has 0 bridgehead atoms. The zero-order valence-electron chi connectivity index (χ0n) is 19.8. The standard InChI is InChI=1S/C28H29ClN2O4/c1-3-34-26-13-21(23(29)14-27(26)35-17-19-9-5-4-8-18(19)2)16-31-25(28(32)33)12-20-15-30-24-11-7-6-10-22(20)24/h4-11,13-15,25,30-31H,3,12,16-17H2,1-2H3,(H,32,33). The number of para-hydroxylation sites is 1. The van der Waals surface area contributed by atoms with E-state index in [4.69, 9.17) is 21.1 Å². The molecule has 0 aliphatic heterocycles. The molecule has 35 heavy (non-hydrogen) atoms. The summed E-state index contributed by atoms with van der Waals surface area (Å²) in [6, 6.07) is 18.7. The second-order valence-corrected chi connectivity index (χ2v) is 8.78. The summed E-state index contributed by atoms with van der Waals surface area (Å²) in [5.41, 5.74) is 4.90.